The van der Waals surface area contributed by atoms with Gasteiger partial charge in [-0.25, -0.2) is 15.0 Å². The van der Waals surface area contributed by atoms with E-state index in [0.717, 1.165) is 72.1 Å². The summed E-state index contributed by atoms with van der Waals surface area (Å²) in [6.07, 6.45) is 5.26. The molecule has 4 heterocycles. The molecule has 196 valence electrons. The highest BCUT2D eigenvalue weighted by atomic mass is 32.1. The van der Waals surface area contributed by atoms with E-state index in [1.807, 2.05) is 34.7 Å². The molecule has 6 rings (SSSR count). The Balaban J connectivity index is 1.23. The topological polar surface area (TPSA) is 92.7 Å². The van der Waals surface area contributed by atoms with E-state index in [4.69, 9.17) is 14.5 Å². The van der Waals surface area contributed by atoms with Gasteiger partial charge in [-0.3, -0.25) is 4.79 Å². The van der Waals surface area contributed by atoms with E-state index in [2.05, 4.69) is 38.4 Å². The van der Waals surface area contributed by atoms with E-state index in [0.29, 0.717) is 19.0 Å². The smallest absolute Gasteiger partial charge is 0.227 e. The summed E-state index contributed by atoms with van der Waals surface area (Å²) in [5, 5.41) is 7.10. The van der Waals surface area contributed by atoms with Crippen molar-refractivity contribution >= 4 is 45.5 Å². The van der Waals surface area contributed by atoms with Gasteiger partial charge in [0.15, 0.2) is 0 Å². The summed E-state index contributed by atoms with van der Waals surface area (Å²) in [5.74, 6) is 1.40. The van der Waals surface area contributed by atoms with Crippen molar-refractivity contribution in [2.24, 2.45) is 0 Å². The van der Waals surface area contributed by atoms with Crippen LogP contribution in [0.3, 0.4) is 0 Å². The van der Waals surface area contributed by atoms with Crippen molar-refractivity contribution < 1.29 is 14.3 Å². The van der Waals surface area contributed by atoms with E-state index in [-0.39, 0.29) is 12.0 Å². The first-order valence-electron chi connectivity index (χ1n) is 12.9. The van der Waals surface area contributed by atoms with Gasteiger partial charge in [-0.15, -0.1) is 11.3 Å². The Morgan fingerprint density at radius 3 is 2.58 bits per heavy atom. The number of carbonyl (C=O) groups excluding carboxylic acids is 1. The molecule has 2 aromatic heterocycles. The molecule has 0 radical (unpaired) electrons. The molecule has 2 saturated heterocycles. The van der Waals surface area contributed by atoms with Crippen molar-refractivity contribution in [2.75, 3.05) is 49.6 Å². The van der Waals surface area contributed by atoms with E-state index < -0.39 is 0 Å². The summed E-state index contributed by atoms with van der Waals surface area (Å²) in [4.78, 5) is 29.8. The summed E-state index contributed by atoms with van der Waals surface area (Å²) in [5.41, 5.74) is 3.84. The van der Waals surface area contributed by atoms with Crippen LogP contribution in [0, 0.1) is 0 Å². The number of hydrogen-bond donors (Lipinski definition) is 1. The van der Waals surface area contributed by atoms with Crippen molar-refractivity contribution in [2.45, 2.75) is 25.9 Å². The van der Waals surface area contributed by atoms with Crippen LogP contribution in [0.2, 0.25) is 0 Å². The highest BCUT2D eigenvalue weighted by Gasteiger charge is 2.24. The van der Waals surface area contributed by atoms with Crippen LogP contribution in [0.4, 0.5) is 17.3 Å². The van der Waals surface area contributed by atoms with Gasteiger partial charge in [0.25, 0.3) is 0 Å². The lowest BCUT2D eigenvalue weighted by atomic mass is 10.1. The number of piperidine rings is 1. The molecule has 1 amide bonds. The number of carbonyl (C=O) groups is 1. The van der Waals surface area contributed by atoms with Crippen LogP contribution in [0.5, 0.6) is 5.75 Å². The van der Waals surface area contributed by atoms with Crippen LogP contribution >= 0.6 is 11.3 Å². The van der Waals surface area contributed by atoms with Gasteiger partial charge in [0.05, 0.1) is 24.3 Å². The summed E-state index contributed by atoms with van der Waals surface area (Å²) in [7, 11) is 0. The van der Waals surface area contributed by atoms with E-state index in [9.17, 15) is 4.79 Å². The molecule has 1 N–H and O–H groups in total. The van der Waals surface area contributed by atoms with Crippen LogP contribution in [0.25, 0.3) is 21.5 Å². The lowest BCUT2D eigenvalue weighted by Gasteiger charge is -2.31. The molecule has 10 heteroatoms. The molecule has 0 bridgehead atoms. The van der Waals surface area contributed by atoms with Crippen LogP contribution in [-0.4, -0.2) is 71.3 Å². The Labute approximate surface area is 225 Å². The van der Waals surface area contributed by atoms with Crippen LogP contribution in [0.15, 0.2) is 54.2 Å². The fourth-order valence-electron chi connectivity index (χ4n) is 4.92. The largest absolute Gasteiger partial charge is 0.489 e. The molecule has 2 aliphatic heterocycles. The molecule has 4 aromatic rings. The fourth-order valence-corrected chi connectivity index (χ4v) is 5.57. The second-order valence-electron chi connectivity index (χ2n) is 9.53. The highest BCUT2D eigenvalue weighted by molar-refractivity contribution is 7.13. The molecule has 0 unspecified atom stereocenters. The van der Waals surface area contributed by atoms with Gasteiger partial charge >= 0.3 is 0 Å². The van der Waals surface area contributed by atoms with Crippen LogP contribution < -0.4 is 15.0 Å². The number of hydrogen-bond acceptors (Lipinski definition) is 9. The number of anilines is 3. The molecular formula is C28H30N6O3S. The Hall–Kier alpha value is -3.76. The number of nitrogens with one attached hydrogen (secondary N) is 1. The first-order chi connectivity index (χ1) is 18.6. The number of nitrogens with zero attached hydrogens (tertiary/aromatic N) is 5. The zero-order valence-electron chi connectivity index (χ0n) is 21.3. The van der Waals surface area contributed by atoms with Crippen LogP contribution in [0.1, 0.15) is 19.8 Å². The Morgan fingerprint density at radius 1 is 1.08 bits per heavy atom. The lowest BCUT2D eigenvalue weighted by Crippen LogP contribution is -2.40. The third-order valence-electron chi connectivity index (χ3n) is 7.02. The first kappa shape index (κ1) is 24.6. The van der Waals surface area contributed by atoms with Crippen molar-refractivity contribution in [1.82, 2.24) is 19.9 Å². The standard InChI is InChI=1S/C28H30N6O3S/c1-19(35)33-9-6-23(7-10-33)37-26-17-25-20(16-24(26)27-29-8-15-38-27)18-30-28(32-25)31-21-2-4-22(5-3-21)34-11-13-36-14-12-34/h2-5,8,15-18,23H,6-7,9-14H2,1H3,(H,30,31,32). The highest BCUT2D eigenvalue weighted by Crippen LogP contribution is 2.36. The monoisotopic (exact) mass is 530 g/mol. The van der Waals surface area contributed by atoms with Crippen molar-refractivity contribution in [3.63, 3.8) is 0 Å². The third-order valence-corrected chi connectivity index (χ3v) is 7.83. The molecule has 0 aliphatic carbocycles. The number of ether oxygens (including phenoxy) is 2. The number of rotatable bonds is 6. The molecule has 9 nitrogen and oxygen atoms in total. The van der Waals surface area contributed by atoms with Crippen molar-refractivity contribution in [3.05, 3.63) is 54.2 Å². The third kappa shape index (κ3) is 5.41. The number of aromatic nitrogens is 3. The number of fused-ring (bicyclic) bond motifs is 1. The second kappa shape index (κ2) is 10.9. The van der Waals surface area contributed by atoms with Gasteiger partial charge in [-0.05, 0) is 30.3 Å². The Bertz CT molecular complexity index is 1400. The number of likely N-dealkylation sites (tertiary alicyclic amines) is 1. The molecule has 2 aromatic carbocycles. The minimum Gasteiger partial charge on any atom is -0.489 e. The molecule has 38 heavy (non-hydrogen) atoms. The van der Waals surface area contributed by atoms with Gasteiger partial charge in [0.2, 0.25) is 11.9 Å². The quantitative estimate of drug-likeness (QED) is 0.383. The normalized spacial score (nSPS) is 16.6. The molecule has 0 saturated carbocycles. The van der Waals surface area contributed by atoms with Crippen molar-refractivity contribution in [1.29, 1.82) is 0 Å². The van der Waals surface area contributed by atoms with Gasteiger partial charge < -0.3 is 24.6 Å². The lowest BCUT2D eigenvalue weighted by molar-refractivity contribution is -0.130. The summed E-state index contributed by atoms with van der Waals surface area (Å²) >= 11 is 1.57. The van der Waals surface area contributed by atoms with Crippen LogP contribution in [-0.2, 0) is 9.53 Å². The number of thiazole rings is 1. The minimum absolute atomic E-state index is 0.0335. The molecule has 0 spiro atoms. The van der Waals surface area contributed by atoms with E-state index in [1.54, 1.807) is 24.5 Å². The Kier molecular flexibility index (Phi) is 7.06. The number of benzene rings is 2. The summed E-state index contributed by atoms with van der Waals surface area (Å²) in [6, 6.07) is 12.3. The summed E-state index contributed by atoms with van der Waals surface area (Å²) in [6.45, 7) is 6.38. The average molecular weight is 531 g/mol. The van der Waals surface area contributed by atoms with E-state index in [1.165, 1.54) is 5.69 Å². The zero-order valence-corrected chi connectivity index (χ0v) is 22.1. The average Bonchev–Trinajstić information content (AvgIpc) is 3.49. The van der Waals surface area contributed by atoms with Crippen molar-refractivity contribution in [3.8, 4) is 16.3 Å². The predicted octanol–water partition coefficient (Wildman–Crippen LogP) is 4.72. The van der Waals surface area contributed by atoms with Gasteiger partial charge in [0.1, 0.15) is 16.9 Å². The maximum Gasteiger partial charge on any atom is 0.227 e. The van der Waals surface area contributed by atoms with Gasteiger partial charge in [-0.2, -0.15) is 0 Å². The maximum absolute atomic E-state index is 11.7. The minimum atomic E-state index is 0.0335. The Morgan fingerprint density at radius 2 is 1.87 bits per heavy atom. The molecule has 0 atom stereocenters. The zero-order chi connectivity index (χ0) is 25.9. The SMILES string of the molecule is CC(=O)N1CCC(Oc2cc3nc(Nc4ccc(N5CCOCC5)cc4)ncc3cc2-c2nccs2)CC1. The first-order valence-corrected chi connectivity index (χ1v) is 13.8. The summed E-state index contributed by atoms with van der Waals surface area (Å²) < 4.78 is 12.0. The maximum atomic E-state index is 11.7. The second-order valence-corrected chi connectivity index (χ2v) is 10.4. The molecular weight excluding hydrogens is 500 g/mol. The molecule has 2 aliphatic rings. The number of morpholine rings is 1. The van der Waals surface area contributed by atoms with Gasteiger partial charge in [-0.1, -0.05) is 0 Å². The number of amides is 1. The fraction of sp³-hybridized carbons (Fsp3) is 0.357. The van der Waals surface area contributed by atoms with Gasteiger partial charge in [0, 0.05) is 86.5 Å². The van der Waals surface area contributed by atoms with E-state index >= 15 is 0 Å². The predicted molar refractivity (Wildman–Crippen MR) is 149 cm³/mol. The molecule has 2 fully saturated rings.